The number of nitriles is 1. The van der Waals surface area contributed by atoms with Gasteiger partial charge in [-0.15, -0.1) is 0 Å². The van der Waals surface area contributed by atoms with Crippen molar-refractivity contribution in [2.45, 2.75) is 25.4 Å². The summed E-state index contributed by atoms with van der Waals surface area (Å²) in [4.78, 5) is 4.11. The van der Waals surface area contributed by atoms with Crippen LogP contribution in [0.4, 0.5) is 0 Å². The lowest BCUT2D eigenvalue weighted by atomic mass is 10.1. The summed E-state index contributed by atoms with van der Waals surface area (Å²) < 4.78 is 5.78. The second-order valence-electron chi connectivity index (χ2n) is 4.08. The Bertz CT molecular complexity index is 399. The van der Waals surface area contributed by atoms with Crippen LogP contribution in [0.2, 0.25) is 0 Å². The van der Waals surface area contributed by atoms with Crippen molar-refractivity contribution >= 4 is 0 Å². The first-order valence-corrected chi connectivity index (χ1v) is 5.56. The van der Waals surface area contributed by atoms with Gasteiger partial charge in [-0.2, -0.15) is 5.26 Å². The average molecular weight is 217 g/mol. The smallest absolute Gasteiger partial charge is 0.214 e. The molecule has 0 saturated heterocycles. The molecular formula is C12H15N3O. The number of hydrogen-bond donors (Lipinski definition) is 1. The fraction of sp³-hybridized carbons (Fsp3) is 0.500. The SMILES string of the molecule is N#Cc1ccnc(OC2CCCC2CN)c1. The van der Waals surface area contributed by atoms with Gasteiger partial charge in [0.15, 0.2) is 0 Å². The number of nitrogens with two attached hydrogens (primary N) is 1. The Morgan fingerprint density at radius 1 is 1.56 bits per heavy atom. The molecule has 0 bridgehead atoms. The summed E-state index contributed by atoms with van der Waals surface area (Å²) in [6.45, 7) is 0.655. The van der Waals surface area contributed by atoms with Crippen LogP contribution < -0.4 is 10.5 Å². The van der Waals surface area contributed by atoms with E-state index in [-0.39, 0.29) is 6.10 Å². The maximum atomic E-state index is 8.77. The largest absolute Gasteiger partial charge is 0.474 e. The highest BCUT2D eigenvalue weighted by Gasteiger charge is 2.28. The van der Waals surface area contributed by atoms with Crippen LogP contribution in [0, 0.1) is 17.2 Å². The normalized spacial score (nSPS) is 24.0. The molecule has 0 spiro atoms. The second kappa shape index (κ2) is 4.95. The third-order valence-electron chi connectivity index (χ3n) is 3.03. The minimum atomic E-state index is 0.159. The van der Waals surface area contributed by atoms with Crippen LogP contribution in [0.15, 0.2) is 18.3 Å². The van der Waals surface area contributed by atoms with Crippen LogP contribution in [-0.4, -0.2) is 17.6 Å². The summed E-state index contributed by atoms with van der Waals surface area (Å²) in [5.41, 5.74) is 6.26. The van der Waals surface area contributed by atoms with Gasteiger partial charge in [0.2, 0.25) is 5.88 Å². The molecule has 4 nitrogen and oxygen atoms in total. The molecule has 1 aliphatic rings. The van der Waals surface area contributed by atoms with Crippen LogP contribution >= 0.6 is 0 Å². The Balaban J connectivity index is 2.06. The number of pyridine rings is 1. The Kier molecular flexibility index (Phi) is 3.37. The van der Waals surface area contributed by atoms with E-state index < -0.39 is 0 Å². The molecule has 0 aromatic carbocycles. The number of ether oxygens (including phenoxy) is 1. The highest BCUT2D eigenvalue weighted by Crippen LogP contribution is 2.28. The number of aromatic nitrogens is 1. The lowest BCUT2D eigenvalue weighted by Gasteiger charge is -2.18. The Morgan fingerprint density at radius 3 is 3.19 bits per heavy atom. The van der Waals surface area contributed by atoms with Gasteiger partial charge < -0.3 is 10.5 Å². The maximum absolute atomic E-state index is 8.77. The van der Waals surface area contributed by atoms with Crippen LogP contribution in [-0.2, 0) is 0 Å². The number of nitrogens with zero attached hydrogens (tertiary/aromatic N) is 2. The highest BCUT2D eigenvalue weighted by molar-refractivity contribution is 5.31. The van der Waals surface area contributed by atoms with Gasteiger partial charge in [0.1, 0.15) is 6.10 Å². The van der Waals surface area contributed by atoms with Gasteiger partial charge in [-0.3, -0.25) is 0 Å². The zero-order valence-electron chi connectivity index (χ0n) is 9.10. The monoisotopic (exact) mass is 217 g/mol. The van der Waals surface area contributed by atoms with Gasteiger partial charge in [0, 0.05) is 18.2 Å². The first-order valence-electron chi connectivity index (χ1n) is 5.56. The molecule has 2 rings (SSSR count). The first-order chi connectivity index (χ1) is 7.83. The van der Waals surface area contributed by atoms with Crippen molar-refractivity contribution < 1.29 is 4.74 Å². The third-order valence-corrected chi connectivity index (χ3v) is 3.03. The summed E-state index contributed by atoms with van der Waals surface area (Å²) in [5.74, 6) is 0.956. The summed E-state index contributed by atoms with van der Waals surface area (Å²) >= 11 is 0. The van der Waals surface area contributed by atoms with E-state index in [1.165, 1.54) is 0 Å². The molecule has 1 aromatic heterocycles. The van der Waals surface area contributed by atoms with Gasteiger partial charge in [-0.05, 0) is 31.9 Å². The molecule has 1 heterocycles. The molecule has 1 fully saturated rings. The van der Waals surface area contributed by atoms with E-state index in [0.29, 0.717) is 23.9 Å². The topological polar surface area (TPSA) is 71.9 Å². The molecule has 0 aliphatic heterocycles. The van der Waals surface area contributed by atoms with Gasteiger partial charge in [0.05, 0.1) is 11.6 Å². The summed E-state index contributed by atoms with van der Waals surface area (Å²) in [5, 5.41) is 8.77. The van der Waals surface area contributed by atoms with Crippen molar-refractivity contribution in [3.8, 4) is 11.9 Å². The molecular weight excluding hydrogens is 202 g/mol. The maximum Gasteiger partial charge on any atom is 0.214 e. The quantitative estimate of drug-likeness (QED) is 0.832. The number of rotatable bonds is 3. The van der Waals surface area contributed by atoms with E-state index in [1.807, 2.05) is 0 Å². The highest BCUT2D eigenvalue weighted by atomic mass is 16.5. The van der Waals surface area contributed by atoms with E-state index in [2.05, 4.69) is 11.1 Å². The standard InChI is InChI=1S/C12H15N3O/c13-7-9-4-5-15-12(6-9)16-11-3-1-2-10(11)8-14/h4-6,10-11H,1-3,8,14H2. The van der Waals surface area contributed by atoms with Gasteiger partial charge in [0.25, 0.3) is 0 Å². The molecule has 1 saturated carbocycles. The van der Waals surface area contributed by atoms with Crippen molar-refractivity contribution in [3.05, 3.63) is 23.9 Å². The lowest BCUT2D eigenvalue weighted by molar-refractivity contribution is 0.155. The second-order valence-corrected chi connectivity index (χ2v) is 4.08. The molecule has 16 heavy (non-hydrogen) atoms. The zero-order chi connectivity index (χ0) is 11.4. The van der Waals surface area contributed by atoms with Crippen molar-refractivity contribution in [1.29, 1.82) is 5.26 Å². The zero-order valence-corrected chi connectivity index (χ0v) is 9.10. The molecule has 2 unspecified atom stereocenters. The average Bonchev–Trinajstić information content (AvgIpc) is 2.76. The van der Waals surface area contributed by atoms with Crippen LogP contribution in [0.5, 0.6) is 5.88 Å². The summed E-state index contributed by atoms with van der Waals surface area (Å²) in [6, 6.07) is 5.41. The van der Waals surface area contributed by atoms with Crippen molar-refractivity contribution in [3.63, 3.8) is 0 Å². The fourth-order valence-electron chi connectivity index (χ4n) is 2.13. The molecule has 4 heteroatoms. The van der Waals surface area contributed by atoms with Crippen molar-refractivity contribution in [1.82, 2.24) is 4.98 Å². The Morgan fingerprint density at radius 2 is 2.44 bits per heavy atom. The van der Waals surface area contributed by atoms with Gasteiger partial charge >= 0.3 is 0 Å². The van der Waals surface area contributed by atoms with E-state index in [4.69, 9.17) is 15.7 Å². The Labute approximate surface area is 95.0 Å². The molecule has 0 radical (unpaired) electrons. The fourth-order valence-corrected chi connectivity index (χ4v) is 2.13. The summed E-state index contributed by atoms with van der Waals surface area (Å²) in [7, 11) is 0. The van der Waals surface area contributed by atoms with Crippen LogP contribution in [0.1, 0.15) is 24.8 Å². The Hall–Kier alpha value is -1.60. The minimum absolute atomic E-state index is 0.159. The minimum Gasteiger partial charge on any atom is -0.474 e. The van der Waals surface area contributed by atoms with E-state index in [9.17, 15) is 0 Å². The molecule has 84 valence electrons. The first kappa shape index (κ1) is 10.9. The van der Waals surface area contributed by atoms with Gasteiger partial charge in [-0.1, -0.05) is 0 Å². The molecule has 1 aliphatic carbocycles. The van der Waals surface area contributed by atoms with Crippen LogP contribution in [0.25, 0.3) is 0 Å². The number of hydrogen-bond acceptors (Lipinski definition) is 4. The van der Waals surface area contributed by atoms with Crippen molar-refractivity contribution in [2.24, 2.45) is 11.7 Å². The van der Waals surface area contributed by atoms with Crippen LogP contribution in [0.3, 0.4) is 0 Å². The van der Waals surface area contributed by atoms with E-state index in [1.54, 1.807) is 18.3 Å². The lowest BCUT2D eigenvalue weighted by Crippen LogP contribution is -2.27. The summed E-state index contributed by atoms with van der Waals surface area (Å²) in [6.07, 6.45) is 5.07. The van der Waals surface area contributed by atoms with Gasteiger partial charge in [-0.25, -0.2) is 4.98 Å². The molecule has 1 aromatic rings. The predicted octanol–water partition coefficient (Wildman–Crippen LogP) is 1.46. The van der Waals surface area contributed by atoms with E-state index >= 15 is 0 Å². The molecule has 0 amide bonds. The third kappa shape index (κ3) is 2.31. The van der Waals surface area contributed by atoms with E-state index in [0.717, 1.165) is 19.3 Å². The predicted molar refractivity (Wildman–Crippen MR) is 59.8 cm³/mol. The molecule has 2 atom stereocenters. The van der Waals surface area contributed by atoms with Crippen molar-refractivity contribution in [2.75, 3.05) is 6.54 Å². The molecule has 2 N–H and O–H groups in total.